The minimum atomic E-state index is -2.38. The first-order valence-electron chi connectivity index (χ1n) is 17.3. The molecule has 2 aliphatic heterocycles. The lowest BCUT2D eigenvalue weighted by atomic mass is 9.75. The normalized spacial score (nSPS) is 21.4. The number of nitrogens with one attached hydrogen (secondary N) is 1. The molecule has 280 valence electrons. The van der Waals surface area contributed by atoms with E-state index in [-0.39, 0.29) is 31.5 Å². The number of ether oxygens (including phenoxy) is 3. The molecule has 14 heteroatoms. The molecule has 12 nitrogen and oxygen atoms in total. The van der Waals surface area contributed by atoms with Crippen LogP contribution >= 0.6 is 15.9 Å². The van der Waals surface area contributed by atoms with Crippen molar-refractivity contribution in [1.82, 2.24) is 15.1 Å². The lowest BCUT2D eigenvalue weighted by Gasteiger charge is -2.53. The molecule has 2 bridgehead atoms. The smallest absolute Gasteiger partial charge is 0.335 e. The highest BCUT2D eigenvalue weighted by Gasteiger charge is 2.58. The Labute approximate surface area is 315 Å². The van der Waals surface area contributed by atoms with Gasteiger partial charge in [-0.25, -0.2) is 9.18 Å². The molecule has 2 fully saturated rings. The van der Waals surface area contributed by atoms with Crippen molar-refractivity contribution in [2.75, 3.05) is 27.4 Å². The lowest BCUT2D eigenvalue weighted by molar-refractivity contribution is -0.168. The number of amides is 2. The Hall–Kier alpha value is -4.68. The van der Waals surface area contributed by atoms with Gasteiger partial charge in [0.05, 0.1) is 37.4 Å². The van der Waals surface area contributed by atoms with Crippen LogP contribution in [0, 0.1) is 17.7 Å². The Kier molecular flexibility index (Phi) is 11.6. The number of rotatable bonds is 15. The second kappa shape index (κ2) is 16.1. The SMILES string of the molecule is COc1cc(CN(C(=O)[C@@]23CC#C[C@@H](CN(C(=O)[C@@H](O)[C@@H](O)C(=O)O)C2c2ccc(CCCOc4cc(F)ccc4Br)cc2)N3)C2CC2)cc(OC)c1. The maximum atomic E-state index is 15.1. The fourth-order valence-electron chi connectivity index (χ4n) is 7.00. The summed E-state index contributed by atoms with van der Waals surface area (Å²) < 4.78 is 31.0. The van der Waals surface area contributed by atoms with Crippen molar-refractivity contribution in [3.8, 4) is 29.1 Å². The Morgan fingerprint density at radius 2 is 1.72 bits per heavy atom. The number of methoxy groups -OCH3 is 2. The number of carboxylic acids is 1. The van der Waals surface area contributed by atoms with Gasteiger partial charge in [0.15, 0.2) is 12.2 Å². The number of aliphatic carboxylic acids is 1. The van der Waals surface area contributed by atoms with Crippen molar-refractivity contribution in [3.05, 3.63) is 87.6 Å². The van der Waals surface area contributed by atoms with Crippen molar-refractivity contribution in [2.45, 2.75) is 74.5 Å². The van der Waals surface area contributed by atoms with Crippen molar-refractivity contribution < 1.29 is 48.3 Å². The van der Waals surface area contributed by atoms with Crippen LogP contribution in [0.3, 0.4) is 0 Å². The number of halogens is 2. The molecule has 1 saturated carbocycles. The molecule has 3 aromatic rings. The minimum Gasteiger partial charge on any atom is -0.497 e. The maximum Gasteiger partial charge on any atom is 0.335 e. The Morgan fingerprint density at radius 3 is 2.36 bits per heavy atom. The molecule has 6 rings (SSSR count). The van der Waals surface area contributed by atoms with Crippen LogP contribution in [0.15, 0.2) is 65.1 Å². The highest BCUT2D eigenvalue weighted by Crippen LogP contribution is 2.44. The first-order valence-corrected chi connectivity index (χ1v) is 18.1. The number of carboxylic acid groups (broad SMARTS) is 1. The van der Waals surface area contributed by atoms with Gasteiger partial charge in [-0.15, -0.1) is 0 Å². The van der Waals surface area contributed by atoms with Crippen LogP contribution in [0.5, 0.6) is 17.2 Å². The molecule has 1 saturated heterocycles. The molecule has 3 aromatic carbocycles. The van der Waals surface area contributed by atoms with Crippen LogP contribution in [-0.2, 0) is 27.3 Å². The minimum absolute atomic E-state index is 0.0216. The molecular formula is C39H41BrFN3O9. The van der Waals surface area contributed by atoms with E-state index >= 15 is 4.79 Å². The molecule has 0 spiro atoms. The summed E-state index contributed by atoms with van der Waals surface area (Å²) in [4.78, 5) is 43.8. The molecule has 2 heterocycles. The number of hydrogen-bond acceptors (Lipinski definition) is 9. The van der Waals surface area contributed by atoms with Gasteiger partial charge in [0.25, 0.3) is 5.91 Å². The Balaban J connectivity index is 1.32. The fourth-order valence-corrected chi connectivity index (χ4v) is 7.36. The zero-order chi connectivity index (χ0) is 37.9. The highest BCUT2D eigenvalue weighted by atomic mass is 79.9. The number of aryl methyl sites for hydroxylation is 1. The summed E-state index contributed by atoms with van der Waals surface area (Å²) in [6.07, 6.45) is -1.85. The number of carbonyl (C=O) groups is 3. The zero-order valence-electron chi connectivity index (χ0n) is 29.3. The first kappa shape index (κ1) is 38.1. The third-order valence-electron chi connectivity index (χ3n) is 9.77. The van der Waals surface area contributed by atoms with Crippen LogP contribution in [-0.4, -0.2) is 100 Å². The van der Waals surface area contributed by atoms with Crippen LogP contribution < -0.4 is 19.5 Å². The number of aliphatic hydroxyl groups is 2. The van der Waals surface area contributed by atoms with Gasteiger partial charge < -0.3 is 39.3 Å². The van der Waals surface area contributed by atoms with E-state index in [9.17, 15) is 29.3 Å². The van der Waals surface area contributed by atoms with Gasteiger partial charge in [-0.05, 0) is 82.6 Å². The first-order chi connectivity index (χ1) is 25.4. The molecule has 5 atom stereocenters. The lowest BCUT2D eigenvalue weighted by Crippen LogP contribution is -2.74. The van der Waals surface area contributed by atoms with E-state index in [4.69, 9.17) is 14.2 Å². The average Bonchev–Trinajstić information content (AvgIpc) is 4.01. The maximum absolute atomic E-state index is 15.1. The summed E-state index contributed by atoms with van der Waals surface area (Å²) >= 11 is 3.36. The van der Waals surface area contributed by atoms with Crippen LogP contribution in [0.4, 0.5) is 4.39 Å². The summed E-state index contributed by atoms with van der Waals surface area (Å²) in [5, 5.41) is 33.9. The van der Waals surface area contributed by atoms with Crippen molar-refractivity contribution in [2.24, 2.45) is 0 Å². The van der Waals surface area contributed by atoms with E-state index in [0.29, 0.717) is 46.7 Å². The van der Waals surface area contributed by atoms with Crippen molar-refractivity contribution >= 4 is 33.7 Å². The number of nitrogens with zero attached hydrogens (tertiary/aromatic N) is 2. The predicted octanol–water partition coefficient (Wildman–Crippen LogP) is 3.60. The van der Waals surface area contributed by atoms with E-state index in [1.165, 1.54) is 17.0 Å². The number of hydrogen-bond donors (Lipinski definition) is 4. The number of carbonyl (C=O) groups excluding carboxylic acids is 2. The molecule has 2 amide bonds. The number of fused-ring (bicyclic) bond motifs is 2. The molecule has 1 unspecified atom stereocenters. The molecule has 53 heavy (non-hydrogen) atoms. The van der Waals surface area contributed by atoms with Gasteiger partial charge in [-0.3, -0.25) is 14.9 Å². The largest absolute Gasteiger partial charge is 0.497 e. The molecule has 0 radical (unpaired) electrons. The topological polar surface area (TPSA) is 158 Å². The van der Waals surface area contributed by atoms with E-state index in [1.807, 2.05) is 24.3 Å². The Morgan fingerprint density at radius 1 is 1.02 bits per heavy atom. The summed E-state index contributed by atoms with van der Waals surface area (Å²) in [6.45, 7) is 0.475. The van der Waals surface area contributed by atoms with Gasteiger partial charge in [-0.1, -0.05) is 36.1 Å². The van der Waals surface area contributed by atoms with Crippen molar-refractivity contribution in [1.29, 1.82) is 0 Å². The van der Waals surface area contributed by atoms with Gasteiger partial charge in [0.2, 0.25) is 5.91 Å². The van der Waals surface area contributed by atoms with Gasteiger partial charge in [-0.2, -0.15) is 0 Å². The number of benzene rings is 3. The molecule has 1 aliphatic carbocycles. The van der Waals surface area contributed by atoms with Gasteiger partial charge >= 0.3 is 5.97 Å². The van der Waals surface area contributed by atoms with E-state index in [0.717, 1.165) is 24.0 Å². The predicted molar refractivity (Wildman–Crippen MR) is 194 cm³/mol. The summed E-state index contributed by atoms with van der Waals surface area (Å²) in [6, 6.07) is 15.2. The third kappa shape index (κ3) is 8.28. The zero-order valence-corrected chi connectivity index (χ0v) is 30.8. The second-order valence-electron chi connectivity index (χ2n) is 13.4. The summed E-state index contributed by atoms with van der Waals surface area (Å²) in [7, 11) is 3.09. The van der Waals surface area contributed by atoms with Gasteiger partial charge in [0, 0.05) is 37.7 Å². The Bertz CT molecular complexity index is 1890. The second-order valence-corrected chi connectivity index (χ2v) is 14.3. The standard InChI is InChI=1S/C39H41BrFN3O9/c1-51-29-17-24(18-30(20-29)52-2)21-43(28-12-13-28)38(50)39-15-3-6-27(42-39)22-44(36(47)33(45)34(46)37(48)49)35(39)25-9-7-23(8-10-25)5-4-16-53-32-19-26(41)11-14-31(32)40/h7-11,14,17-20,27-28,33-35,42,45-46H,4-5,12-13,15-16,21-22H2,1-2H3,(H,48,49)/t27-,33-,34+,35?,39+/m0/s1. The molecule has 3 aliphatic rings. The quantitative estimate of drug-likeness (QED) is 0.132. The van der Waals surface area contributed by atoms with Gasteiger partial charge in [0.1, 0.15) is 28.6 Å². The third-order valence-corrected chi connectivity index (χ3v) is 10.4. The molecular weight excluding hydrogens is 753 g/mol. The monoisotopic (exact) mass is 793 g/mol. The number of piperazine rings is 1. The fraction of sp³-hybridized carbons (Fsp3) is 0.410. The molecule has 4 N–H and O–H groups in total. The summed E-state index contributed by atoms with van der Waals surface area (Å²) in [5.74, 6) is 4.22. The van der Waals surface area contributed by atoms with E-state index < -0.39 is 47.5 Å². The highest BCUT2D eigenvalue weighted by molar-refractivity contribution is 9.10. The van der Waals surface area contributed by atoms with E-state index in [2.05, 4.69) is 33.1 Å². The van der Waals surface area contributed by atoms with Crippen LogP contribution in [0.2, 0.25) is 0 Å². The van der Waals surface area contributed by atoms with Crippen LogP contribution in [0.1, 0.15) is 48.4 Å². The average molecular weight is 795 g/mol. The van der Waals surface area contributed by atoms with E-state index in [1.54, 1.807) is 43.4 Å². The summed E-state index contributed by atoms with van der Waals surface area (Å²) in [5.41, 5.74) is 0.777. The van der Waals surface area contributed by atoms with Crippen molar-refractivity contribution in [3.63, 3.8) is 0 Å². The van der Waals surface area contributed by atoms with Crippen LogP contribution in [0.25, 0.3) is 0 Å². The number of aliphatic hydroxyl groups excluding tert-OH is 2. The molecule has 0 aromatic heterocycles.